The molecule has 0 aromatic rings. The van der Waals surface area contributed by atoms with Crippen LogP contribution in [0, 0.1) is 11.8 Å². The zero-order valence-electron chi connectivity index (χ0n) is 13.2. The fourth-order valence-corrected chi connectivity index (χ4v) is 2.43. The van der Waals surface area contributed by atoms with Crippen LogP contribution in [0.1, 0.15) is 47.5 Å². The van der Waals surface area contributed by atoms with Crippen LogP contribution in [0.3, 0.4) is 0 Å². The maximum Gasteiger partial charge on any atom is 0.410 e. The van der Waals surface area contributed by atoms with Crippen LogP contribution in [-0.2, 0) is 9.53 Å². The summed E-state index contributed by atoms with van der Waals surface area (Å²) in [7, 11) is 0. The molecule has 2 atom stereocenters. The Morgan fingerprint density at radius 1 is 1.20 bits per heavy atom. The molecule has 0 aliphatic carbocycles. The van der Waals surface area contributed by atoms with E-state index in [1.165, 1.54) is 0 Å². The number of ketones is 1. The van der Waals surface area contributed by atoms with E-state index in [1.807, 2.05) is 34.6 Å². The van der Waals surface area contributed by atoms with E-state index in [9.17, 15) is 9.59 Å². The zero-order chi connectivity index (χ0) is 15.5. The Hall–Kier alpha value is -0.710. The van der Waals surface area contributed by atoms with Crippen LogP contribution in [-0.4, -0.2) is 40.7 Å². The van der Waals surface area contributed by atoms with Crippen LogP contribution in [0.15, 0.2) is 0 Å². The first-order valence-electron chi connectivity index (χ1n) is 7.31. The van der Waals surface area contributed by atoms with Crippen LogP contribution in [0.5, 0.6) is 0 Å². The van der Waals surface area contributed by atoms with Crippen molar-refractivity contribution in [3.05, 3.63) is 0 Å². The second-order valence-corrected chi connectivity index (χ2v) is 7.49. The van der Waals surface area contributed by atoms with E-state index in [2.05, 4.69) is 12.6 Å². The van der Waals surface area contributed by atoms with Gasteiger partial charge in [-0.1, -0.05) is 13.8 Å². The molecule has 2 unspecified atom stereocenters. The summed E-state index contributed by atoms with van der Waals surface area (Å²) in [4.78, 5) is 25.9. The van der Waals surface area contributed by atoms with Gasteiger partial charge in [0.25, 0.3) is 0 Å². The molecule has 20 heavy (non-hydrogen) atoms. The molecule has 0 aromatic heterocycles. The minimum absolute atomic E-state index is 0.0311. The molecule has 0 spiro atoms. The van der Waals surface area contributed by atoms with E-state index in [4.69, 9.17) is 4.74 Å². The van der Waals surface area contributed by atoms with Gasteiger partial charge < -0.3 is 9.64 Å². The van der Waals surface area contributed by atoms with Gasteiger partial charge in [-0.15, -0.1) is 0 Å². The number of carbonyl (C=O) groups excluding carboxylic acids is 2. The Bertz CT molecular complexity index is 355. The first-order valence-corrected chi connectivity index (χ1v) is 7.83. The number of hydrogen-bond donors (Lipinski definition) is 1. The van der Waals surface area contributed by atoms with E-state index in [0.717, 1.165) is 12.8 Å². The normalized spacial score (nSPS) is 20.4. The van der Waals surface area contributed by atoms with E-state index >= 15 is 0 Å². The summed E-state index contributed by atoms with van der Waals surface area (Å²) in [5, 5.41) is 0.0754. The van der Waals surface area contributed by atoms with Gasteiger partial charge in [0.1, 0.15) is 11.4 Å². The molecule has 1 rings (SSSR count). The summed E-state index contributed by atoms with van der Waals surface area (Å²) in [6, 6.07) is 0. The van der Waals surface area contributed by atoms with Gasteiger partial charge in [0.2, 0.25) is 0 Å². The molecule has 0 aromatic carbocycles. The second-order valence-electron chi connectivity index (χ2n) is 6.67. The maximum absolute atomic E-state index is 12.3. The van der Waals surface area contributed by atoms with Crippen LogP contribution in [0.4, 0.5) is 4.79 Å². The van der Waals surface area contributed by atoms with Crippen molar-refractivity contribution in [3.8, 4) is 0 Å². The van der Waals surface area contributed by atoms with Gasteiger partial charge in [0, 0.05) is 30.2 Å². The molecule has 0 bridgehead atoms. The van der Waals surface area contributed by atoms with Crippen molar-refractivity contribution in [2.24, 2.45) is 11.8 Å². The number of carbonyl (C=O) groups is 2. The van der Waals surface area contributed by atoms with Gasteiger partial charge in [-0.25, -0.2) is 4.79 Å². The van der Waals surface area contributed by atoms with Gasteiger partial charge in [-0.05, 0) is 33.6 Å². The molecule has 1 aliphatic heterocycles. The van der Waals surface area contributed by atoms with Crippen molar-refractivity contribution in [1.29, 1.82) is 0 Å². The number of piperidine rings is 1. The maximum atomic E-state index is 12.3. The van der Waals surface area contributed by atoms with E-state index in [1.54, 1.807) is 4.90 Å². The molecule has 4 nitrogen and oxygen atoms in total. The minimum atomic E-state index is -0.472. The SMILES string of the molecule is CC(S)C(C)C(=O)C1CCN(C(=O)OC(C)(C)C)CC1. The number of thiol groups is 1. The molecule has 0 N–H and O–H groups in total. The standard InChI is InChI=1S/C15H27NO3S/c1-10(11(2)20)13(17)12-6-8-16(9-7-12)14(18)19-15(3,4)5/h10-12,20H,6-9H2,1-5H3. The van der Waals surface area contributed by atoms with Gasteiger partial charge in [-0.2, -0.15) is 12.6 Å². The highest BCUT2D eigenvalue weighted by Gasteiger charge is 2.32. The number of hydrogen-bond acceptors (Lipinski definition) is 4. The van der Waals surface area contributed by atoms with Crippen LogP contribution in [0.2, 0.25) is 0 Å². The lowest BCUT2D eigenvalue weighted by Gasteiger charge is -2.34. The average Bonchev–Trinajstić information content (AvgIpc) is 2.35. The van der Waals surface area contributed by atoms with Crippen molar-refractivity contribution < 1.29 is 14.3 Å². The van der Waals surface area contributed by atoms with E-state index < -0.39 is 5.60 Å². The predicted octanol–water partition coefficient (Wildman–Crippen LogP) is 3.16. The third kappa shape index (κ3) is 5.00. The highest BCUT2D eigenvalue weighted by molar-refractivity contribution is 7.81. The molecule has 0 saturated carbocycles. The van der Waals surface area contributed by atoms with Crippen molar-refractivity contribution in [1.82, 2.24) is 4.90 Å². The van der Waals surface area contributed by atoms with Gasteiger partial charge in [0.15, 0.2) is 0 Å². The number of ether oxygens (including phenoxy) is 1. The largest absolute Gasteiger partial charge is 0.444 e. The van der Waals surface area contributed by atoms with Crippen molar-refractivity contribution in [3.63, 3.8) is 0 Å². The van der Waals surface area contributed by atoms with Gasteiger partial charge in [0.05, 0.1) is 0 Å². The molecule has 5 heteroatoms. The number of nitrogens with zero attached hydrogens (tertiary/aromatic N) is 1. The molecular weight excluding hydrogens is 274 g/mol. The summed E-state index contributed by atoms with van der Waals surface area (Å²) < 4.78 is 5.35. The second kappa shape index (κ2) is 6.83. The van der Waals surface area contributed by atoms with E-state index in [-0.39, 0.29) is 29.0 Å². The Kier molecular flexibility index (Phi) is 5.92. The zero-order valence-corrected chi connectivity index (χ0v) is 14.1. The molecule has 1 saturated heterocycles. The third-order valence-electron chi connectivity index (χ3n) is 3.72. The summed E-state index contributed by atoms with van der Waals surface area (Å²) in [6.45, 7) is 10.6. The van der Waals surface area contributed by atoms with Crippen LogP contribution in [0.25, 0.3) is 0 Å². The van der Waals surface area contributed by atoms with Gasteiger partial charge in [-0.3, -0.25) is 4.79 Å². The van der Waals surface area contributed by atoms with Crippen molar-refractivity contribution >= 4 is 24.5 Å². The lowest BCUT2D eigenvalue weighted by atomic mass is 9.85. The first-order chi connectivity index (χ1) is 9.11. The van der Waals surface area contributed by atoms with Crippen molar-refractivity contribution in [2.75, 3.05) is 13.1 Å². The fraction of sp³-hybridized carbons (Fsp3) is 0.867. The van der Waals surface area contributed by atoms with Gasteiger partial charge >= 0.3 is 6.09 Å². The smallest absolute Gasteiger partial charge is 0.410 e. The molecular formula is C15H27NO3S. The highest BCUT2D eigenvalue weighted by Crippen LogP contribution is 2.25. The van der Waals surface area contributed by atoms with Crippen LogP contribution < -0.4 is 0 Å². The average molecular weight is 301 g/mol. The van der Waals surface area contributed by atoms with Crippen LogP contribution >= 0.6 is 12.6 Å². The molecule has 1 aliphatic rings. The third-order valence-corrected chi connectivity index (χ3v) is 4.17. The Morgan fingerprint density at radius 2 is 1.70 bits per heavy atom. The number of likely N-dealkylation sites (tertiary alicyclic amines) is 1. The first kappa shape index (κ1) is 17.3. The lowest BCUT2D eigenvalue weighted by molar-refractivity contribution is -0.127. The van der Waals surface area contributed by atoms with E-state index in [0.29, 0.717) is 13.1 Å². The molecule has 116 valence electrons. The number of amides is 1. The fourth-order valence-electron chi connectivity index (χ4n) is 2.28. The Morgan fingerprint density at radius 3 is 2.10 bits per heavy atom. The molecule has 1 amide bonds. The lowest BCUT2D eigenvalue weighted by Crippen LogP contribution is -2.44. The quantitative estimate of drug-likeness (QED) is 0.815. The summed E-state index contributed by atoms with van der Waals surface area (Å²) in [5.74, 6) is 0.297. The van der Waals surface area contributed by atoms with Crippen molar-refractivity contribution in [2.45, 2.75) is 58.3 Å². The Labute approximate surface area is 127 Å². The minimum Gasteiger partial charge on any atom is -0.444 e. The molecule has 0 radical (unpaired) electrons. The Balaban J connectivity index is 2.48. The molecule has 1 heterocycles. The predicted molar refractivity (Wildman–Crippen MR) is 83.2 cm³/mol. The monoisotopic (exact) mass is 301 g/mol. The summed E-state index contributed by atoms with van der Waals surface area (Å²) >= 11 is 4.34. The topological polar surface area (TPSA) is 46.6 Å². The number of rotatable bonds is 3. The summed E-state index contributed by atoms with van der Waals surface area (Å²) in [6.07, 6.45) is 1.17. The number of Topliss-reactive ketones (excluding diaryl/α,β-unsaturated/α-hetero) is 1. The highest BCUT2D eigenvalue weighted by atomic mass is 32.1. The summed E-state index contributed by atoms with van der Waals surface area (Å²) in [5.41, 5.74) is -0.472. The molecule has 1 fully saturated rings.